The van der Waals surface area contributed by atoms with Crippen molar-refractivity contribution in [1.29, 1.82) is 0 Å². The summed E-state index contributed by atoms with van der Waals surface area (Å²) in [6.07, 6.45) is 0. The van der Waals surface area contributed by atoms with E-state index in [1.54, 1.807) is 6.92 Å². The van der Waals surface area contributed by atoms with E-state index in [1.165, 1.54) is 11.4 Å². The smallest absolute Gasteiger partial charge is 0.347 e. The van der Waals surface area contributed by atoms with Gasteiger partial charge in [0.2, 0.25) is 10.0 Å². The fraction of sp³-hybridized carbons (Fsp3) is 0.214. The van der Waals surface area contributed by atoms with Crippen LogP contribution in [0.4, 0.5) is 0 Å². The zero-order valence-corrected chi connectivity index (χ0v) is 13.2. The predicted octanol–water partition coefficient (Wildman–Crippen LogP) is 2.79. The first kappa shape index (κ1) is 15.7. The molecular formula is C14H15NO4S2. The Hall–Kier alpha value is -1.70. The minimum atomic E-state index is -3.88. The number of nitrogens with one attached hydrogen (secondary N) is 1. The Morgan fingerprint density at radius 3 is 2.57 bits per heavy atom. The third kappa shape index (κ3) is 3.31. The van der Waals surface area contributed by atoms with Crippen molar-refractivity contribution in [3.63, 3.8) is 0 Å². The fourth-order valence-electron chi connectivity index (χ4n) is 2.10. The molecule has 0 fully saturated rings. The molecule has 0 aliphatic carbocycles. The molecule has 2 aromatic rings. The van der Waals surface area contributed by atoms with Gasteiger partial charge in [-0.05, 0) is 36.4 Å². The maximum Gasteiger partial charge on any atom is 0.347 e. The maximum atomic E-state index is 12.3. The van der Waals surface area contributed by atoms with Gasteiger partial charge in [0.05, 0.1) is 0 Å². The van der Waals surface area contributed by atoms with Crippen LogP contribution in [-0.2, 0) is 10.0 Å². The van der Waals surface area contributed by atoms with Gasteiger partial charge in [-0.3, -0.25) is 0 Å². The topological polar surface area (TPSA) is 83.5 Å². The molecule has 2 N–H and O–H groups in total. The van der Waals surface area contributed by atoms with E-state index in [4.69, 9.17) is 5.11 Å². The fourth-order valence-corrected chi connectivity index (χ4v) is 4.58. The van der Waals surface area contributed by atoms with Crippen molar-refractivity contribution >= 4 is 27.3 Å². The Morgan fingerprint density at radius 2 is 1.95 bits per heavy atom. The highest BCUT2D eigenvalue weighted by molar-refractivity contribution is 7.89. The van der Waals surface area contributed by atoms with Gasteiger partial charge in [0, 0.05) is 6.04 Å². The average molecular weight is 325 g/mol. The van der Waals surface area contributed by atoms with Gasteiger partial charge in [0.15, 0.2) is 0 Å². The number of rotatable bonds is 5. The molecule has 1 aromatic heterocycles. The summed E-state index contributed by atoms with van der Waals surface area (Å²) in [6.45, 7) is 3.63. The van der Waals surface area contributed by atoms with Gasteiger partial charge < -0.3 is 5.11 Å². The molecule has 2 rings (SSSR count). The van der Waals surface area contributed by atoms with Gasteiger partial charge in [0.1, 0.15) is 9.77 Å². The molecule has 7 heteroatoms. The van der Waals surface area contributed by atoms with Gasteiger partial charge >= 0.3 is 5.97 Å². The molecule has 0 unspecified atom stereocenters. The molecule has 0 saturated heterocycles. The first-order valence-electron chi connectivity index (χ1n) is 6.21. The molecule has 1 atom stereocenters. The number of carboxylic acids is 1. The number of hydrogen-bond donors (Lipinski definition) is 2. The number of carboxylic acid groups (broad SMARTS) is 1. The molecule has 5 nitrogen and oxygen atoms in total. The molecule has 112 valence electrons. The van der Waals surface area contributed by atoms with Gasteiger partial charge in [-0.25, -0.2) is 17.9 Å². The Labute approximate surface area is 127 Å². The second-order valence-electron chi connectivity index (χ2n) is 4.62. The van der Waals surface area contributed by atoms with Crippen molar-refractivity contribution < 1.29 is 18.3 Å². The number of aryl methyl sites for hydroxylation is 1. The third-order valence-electron chi connectivity index (χ3n) is 3.10. The van der Waals surface area contributed by atoms with Crippen LogP contribution in [-0.4, -0.2) is 19.5 Å². The molecule has 1 heterocycles. The highest BCUT2D eigenvalue weighted by Crippen LogP contribution is 2.25. The molecule has 0 spiro atoms. The van der Waals surface area contributed by atoms with E-state index >= 15 is 0 Å². The summed E-state index contributed by atoms with van der Waals surface area (Å²) in [7, 11) is -3.88. The van der Waals surface area contributed by atoms with E-state index in [1.807, 2.05) is 31.2 Å². The minimum Gasteiger partial charge on any atom is -0.477 e. The van der Waals surface area contributed by atoms with Crippen LogP contribution in [0.5, 0.6) is 0 Å². The average Bonchev–Trinajstić information content (AvgIpc) is 2.88. The molecule has 0 amide bonds. The van der Waals surface area contributed by atoms with E-state index in [2.05, 4.69) is 4.72 Å². The highest BCUT2D eigenvalue weighted by Gasteiger charge is 2.25. The lowest BCUT2D eigenvalue weighted by Crippen LogP contribution is -2.28. The van der Waals surface area contributed by atoms with E-state index in [0.29, 0.717) is 0 Å². The first-order chi connectivity index (χ1) is 9.83. The van der Waals surface area contributed by atoms with Gasteiger partial charge in [0.25, 0.3) is 0 Å². The first-order valence-corrected chi connectivity index (χ1v) is 8.58. The van der Waals surface area contributed by atoms with Gasteiger partial charge in [-0.1, -0.05) is 24.3 Å². The third-order valence-corrected chi connectivity index (χ3v) is 5.71. The number of sulfonamides is 1. The summed E-state index contributed by atoms with van der Waals surface area (Å²) >= 11 is 0.892. The van der Waals surface area contributed by atoms with E-state index in [-0.39, 0.29) is 9.77 Å². The largest absolute Gasteiger partial charge is 0.477 e. The van der Waals surface area contributed by atoms with Crippen molar-refractivity contribution in [1.82, 2.24) is 4.72 Å². The van der Waals surface area contributed by atoms with Gasteiger partial charge in [-0.2, -0.15) is 0 Å². The Balaban J connectivity index is 2.32. The van der Waals surface area contributed by atoms with Crippen LogP contribution in [0.15, 0.2) is 40.6 Å². The Bertz CT molecular complexity index is 765. The number of hydrogen-bond acceptors (Lipinski definition) is 4. The monoisotopic (exact) mass is 325 g/mol. The summed E-state index contributed by atoms with van der Waals surface area (Å²) < 4.78 is 27.2. The van der Waals surface area contributed by atoms with Crippen LogP contribution in [0.25, 0.3) is 0 Å². The second-order valence-corrected chi connectivity index (χ2v) is 7.22. The summed E-state index contributed by atoms with van der Waals surface area (Å²) in [4.78, 5) is 10.7. The summed E-state index contributed by atoms with van der Waals surface area (Å²) in [5.41, 5.74) is 1.82. The quantitative estimate of drug-likeness (QED) is 0.885. The van der Waals surface area contributed by atoms with Crippen LogP contribution in [0.2, 0.25) is 0 Å². The van der Waals surface area contributed by atoms with Crippen LogP contribution in [0, 0.1) is 6.92 Å². The number of aromatic carboxylic acids is 1. The van der Waals surface area contributed by atoms with Crippen molar-refractivity contribution in [2.75, 3.05) is 0 Å². The SMILES string of the molecule is Cc1ccccc1[C@H](C)NS(=O)(=O)c1ccsc1C(=O)O. The summed E-state index contributed by atoms with van der Waals surface area (Å²) in [5.74, 6) is -1.24. The minimum absolute atomic E-state index is 0.181. The van der Waals surface area contributed by atoms with Crippen molar-refractivity contribution in [3.05, 3.63) is 51.7 Å². The molecule has 0 aliphatic heterocycles. The molecular weight excluding hydrogens is 310 g/mol. The molecule has 0 saturated carbocycles. The number of benzene rings is 1. The highest BCUT2D eigenvalue weighted by atomic mass is 32.2. The normalized spacial score (nSPS) is 13.0. The van der Waals surface area contributed by atoms with E-state index in [9.17, 15) is 13.2 Å². The lowest BCUT2D eigenvalue weighted by atomic mass is 10.0. The predicted molar refractivity (Wildman–Crippen MR) is 81.2 cm³/mol. The van der Waals surface area contributed by atoms with Crippen LogP contribution in [0.1, 0.15) is 33.8 Å². The van der Waals surface area contributed by atoms with Crippen LogP contribution in [0.3, 0.4) is 0 Å². The zero-order chi connectivity index (χ0) is 15.6. The van der Waals surface area contributed by atoms with E-state index < -0.39 is 22.0 Å². The van der Waals surface area contributed by atoms with Gasteiger partial charge in [-0.15, -0.1) is 11.3 Å². The lowest BCUT2D eigenvalue weighted by Gasteiger charge is -2.16. The molecule has 0 aliphatic rings. The van der Waals surface area contributed by atoms with Crippen molar-refractivity contribution in [2.24, 2.45) is 0 Å². The molecule has 1 aromatic carbocycles. The molecule has 0 bridgehead atoms. The van der Waals surface area contributed by atoms with Crippen LogP contribution >= 0.6 is 11.3 Å². The standard InChI is InChI=1S/C14H15NO4S2/c1-9-5-3-4-6-11(9)10(2)15-21(18,19)12-7-8-20-13(12)14(16)17/h3-8,10,15H,1-2H3,(H,16,17)/t10-/m0/s1. The molecule has 0 radical (unpaired) electrons. The van der Waals surface area contributed by atoms with Crippen LogP contribution < -0.4 is 4.72 Å². The molecule has 21 heavy (non-hydrogen) atoms. The number of carbonyl (C=O) groups is 1. The summed E-state index contributed by atoms with van der Waals surface area (Å²) in [6, 6.07) is 8.31. The maximum absolute atomic E-state index is 12.3. The van der Waals surface area contributed by atoms with Crippen molar-refractivity contribution in [3.8, 4) is 0 Å². The lowest BCUT2D eigenvalue weighted by molar-refractivity contribution is 0.0698. The number of thiophene rings is 1. The Kier molecular flexibility index (Phi) is 4.46. The van der Waals surface area contributed by atoms with Crippen molar-refractivity contribution in [2.45, 2.75) is 24.8 Å². The van der Waals surface area contributed by atoms with E-state index in [0.717, 1.165) is 22.5 Å². The zero-order valence-electron chi connectivity index (χ0n) is 11.5. The summed E-state index contributed by atoms with van der Waals surface area (Å²) in [5, 5.41) is 10.5. The Morgan fingerprint density at radius 1 is 1.29 bits per heavy atom. The second kappa shape index (κ2) is 5.97.